The van der Waals surface area contributed by atoms with E-state index >= 15 is 0 Å². The van der Waals surface area contributed by atoms with Gasteiger partial charge < -0.3 is 10.4 Å². The van der Waals surface area contributed by atoms with E-state index in [2.05, 4.69) is 5.32 Å². The Kier molecular flexibility index (Phi) is 3.20. The topological polar surface area (TPSA) is 32.3 Å². The molecule has 0 amide bonds. The molecule has 0 bridgehead atoms. The molecule has 1 aromatic rings. The zero-order valence-corrected chi connectivity index (χ0v) is 8.08. The summed E-state index contributed by atoms with van der Waals surface area (Å²) in [5.41, 5.74) is 0.804. The lowest BCUT2D eigenvalue weighted by atomic mass is 10.2. The minimum absolute atomic E-state index is 0.0878. The van der Waals surface area contributed by atoms with Gasteiger partial charge in [0, 0.05) is 12.1 Å². The van der Waals surface area contributed by atoms with Crippen molar-refractivity contribution in [2.45, 2.75) is 6.54 Å². The van der Waals surface area contributed by atoms with Crippen molar-refractivity contribution in [3.05, 3.63) is 27.7 Å². The summed E-state index contributed by atoms with van der Waals surface area (Å²) < 4.78 is 0. The van der Waals surface area contributed by atoms with Crippen molar-refractivity contribution in [3.8, 4) is 5.75 Å². The number of phenolic OH excluding ortho intramolecular Hbond substituents is 1. The maximum atomic E-state index is 9.10. The normalized spacial score (nSPS) is 10.2. The Morgan fingerprint density at radius 1 is 1.33 bits per heavy atom. The molecule has 0 radical (unpaired) electrons. The highest BCUT2D eigenvalue weighted by molar-refractivity contribution is 6.36. The molecule has 0 unspecified atom stereocenters. The van der Waals surface area contributed by atoms with Crippen molar-refractivity contribution in [2.75, 3.05) is 7.05 Å². The zero-order valence-electron chi connectivity index (χ0n) is 6.56. The molecule has 0 heterocycles. The van der Waals surface area contributed by atoms with Crippen LogP contribution in [0.4, 0.5) is 0 Å². The highest BCUT2D eigenvalue weighted by atomic mass is 35.5. The highest BCUT2D eigenvalue weighted by Gasteiger charge is 2.06. The van der Waals surface area contributed by atoms with E-state index in [0.717, 1.165) is 5.56 Å². The molecule has 1 rings (SSSR count). The summed E-state index contributed by atoms with van der Waals surface area (Å²) in [4.78, 5) is 0. The van der Waals surface area contributed by atoms with Crippen molar-refractivity contribution in [1.29, 1.82) is 0 Å². The van der Waals surface area contributed by atoms with Crippen LogP contribution >= 0.6 is 23.2 Å². The van der Waals surface area contributed by atoms with Gasteiger partial charge in [-0.05, 0) is 19.2 Å². The van der Waals surface area contributed by atoms with Gasteiger partial charge in [0.15, 0.2) is 0 Å². The van der Waals surface area contributed by atoms with E-state index in [9.17, 15) is 0 Å². The lowest BCUT2D eigenvalue weighted by Gasteiger charge is -2.06. The van der Waals surface area contributed by atoms with Crippen LogP contribution in [0.15, 0.2) is 12.1 Å². The number of hydrogen-bond acceptors (Lipinski definition) is 2. The molecule has 2 nitrogen and oxygen atoms in total. The molecule has 1 aromatic carbocycles. The number of aromatic hydroxyl groups is 1. The summed E-state index contributed by atoms with van der Waals surface area (Å²) >= 11 is 11.7. The third-order valence-electron chi connectivity index (χ3n) is 1.48. The monoisotopic (exact) mass is 205 g/mol. The van der Waals surface area contributed by atoms with E-state index in [1.807, 2.05) is 0 Å². The number of rotatable bonds is 2. The Morgan fingerprint density at radius 3 is 2.25 bits per heavy atom. The van der Waals surface area contributed by atoms with Crippen LogP contribution in [-0.4, -0.2) is 12.2 Å². The minimum Gasteiger partial charge on any atom is -0.508 e. The smallest absolute Gasteiger partial charge is 0.118 e. The fourth-order valence-electron chi connectivity index (χ4n) is 0.935. The maximum Gasteiger partial charge on any atom is 0.118 e. The molecule has 0 aliphatic carbocycles. The van der Waals surface area contributed by atoms with E-state index in [-0.39, 0.29) is 5.75 Å². The van der Waals surface area contributed by atoms with Crippen LogP contribution in [0.2, 0.25) is 10.0 Å². The Hall–Kier alpha value is -0.440. The lowest BCUT2D eigenvalue weighted by Crippen LogP contribution is -2.06. The van der Waals surface area contributed by atoms with E-state index in [0.29, 0.717) is 16.6 Å². The van der Waals surface area contributed by atoms with Crippen molar-refractivity contribution in [2.24, 2.45) is 0 Å². The Balaban J connectivity index is 3.10. The molecule has 0 atom stereocenters. The van der Waals surface area contributed by atoms with E-state index in [1.165, 1.54) is 12.1 Å². The van der Waals surface area contributed by atoms with Crippen molar-refractivity contribution in [1.82, 2.24) is 5.32 Å². The fraction of sp³-hybridized carbons (Fsp3) is 0.250. The summed E-state index contributed by atoms with van der Waals surface area (Å²) in [6, 6.07) is 2.94. The second-order valence-electron chi connectivity index (χ2n) is 2.42. The first-order valence-corrected chi connectivity index (χ1v) is 4.22. The first-order valence-electron chi connectivity index (χ1n) is 3.46. The predicted octanol–water partition coefficient (Wildman–Crippen LogP) is 2.42. The van der Waals surface area contributed by atoms with E-state index in [1.54, 1.807) is 7.05 Å². The van der Waals surface area contributed by atoms with Gasteiger partial charge in [0.05, 0.1) is 10.0 Å². The van der Waals surface area contributed by atoms with Crippen molar-refractivity contribution >= 4 is 23.2 Å². The van der Waals surface area contributed by atoms with Crippen LogP contribution in [-0.2, 0) is 6.54 Å². The van der Waals surface area contributed by atoms with Gasteiger partial charge in [0.1, 0.15) is 5.75 Å². The first-order chi connectivity index (χ1) is 5.65. The van der Waals surface area contributed by atoms with Gasteiger partial charge in [-0.1, -0.05) is 23.2 Å². The van der Waals surface area contributed by atoms with Crippen LogP contribution in [0.5, 0.6) is 5.75 Å². The quantitative estimate of drug-likeness (QED) is 0.778. The molecule has 12 heavy (non-hydrogen) atoms. The number of phenols is 1. The Labute approximate surface area is 81.1 Å². The minimum atomic E-state index is 0.0878. The van der Waals surface area contributed by atoms with Crippen LogP contribution < -0.4 is 5.32 Å². The van der Waals surface area contributed by atoms with E-state index < -0.39 is 0 Å². The molecule has 2 N–H and O–H groups in total. The average molecular weight is 206 g/mol. The third kappa shape index (κ3) is 2.03. The number of benzene rings is 1. The molecule has 0 saturated carbocycles. The molecule has 4 heteroatoms. The average Bonchev–Trinajstić information content (AvgIpc) is 1.96. The second-order valence-corrected chi connectivity index (χ2v) is 3.23. The van der Waals surface area contributed by atoms with Crippen LogP contribution in [0, 0.1) is 0 Å². The van der Waals surface area contributed by atoms with Gasteiger partial charge in [-0.3, -0.25) is 0 Å². The molecule has 0 spiro atoms. The van der Waals surface area contributed by atoms with Gasteiger partial charge in [-0.2, -0.15) is 0 Å². The molecule has 0 aliphatic rings. The van der Waals surface area contributed by atoms with Crippen molar-refractivity contribution < 1.29 is 5.11 Å². The maximum absolute atomic E-state index is 9.10. The van der Waals surface area contributed by atoms with Crippen molar-refractivity contribution in [3.63, 3.8) is 0 Å². The molecule has 0 aromatic heterocycles. The SMILES string of the molecule is CNCc1c(Cl)cc(O)cc1Cl. The molecular weight excluding hydrogens is 197 g/mol. The van der Waals surface area contributed by atoms with Crippen LogP contribution in [0.1, 0.15) is 5.56 Å². The second kappa shape index (κ2) is 3.99. The number of halogens is 2. The standard InChI is InChI=1S/C8H9Cl2NO/c1-11-4-6-7(9)2-5(12)3-8(6)10/h2-3,11-12H,4H2,1H3. The first kappa shape index (κ1) is 9.65. The summed E-state index contributed by atoms with van der Waals surface area (Å²) in [6.07, 6.45) is 0. The summed E-state index contributed by atoms with van der Waals surface area (Å²) in [5.74, 6) is 0.0878. The Morgan fingerprint density at radius 2 is 1.83 bits per heavy atom. The lowest BCUT2D eigenvalue weighted by molar-refractivity contribution is 0.475. The predicted molar refractivity (Wildman–Crippen MR) is 50.9 cm³/mol. The zero-order chi connectivity index (χ0) is 9.14. The van der Waals surface area contributed by atoms with Gasteiger partial charge in [-0.25, -0.2) is 0 Å². The van der Waals surface area contributed by atoms with Gasteiger partial charge >= 0.3 is 0 Å². The van der Waals surface area contributed by atoms with Gasteiger partial charge in [0.25, 0.3) is 0 Å². The molecule has 0 saturated heterocycles. The summed E-state index contributed by atoms with van der Waals surface area (Å²) in [7, 11) is 1.81. The highest BCUT2D eigenvalue weighted by Crippen LogP contribution is 2.29. The van der Waals surface area contributed by atoms with Crippen LogP contribution in [0.25, 0.3) is 0 Å². The number of nitrogens with one attached hydrogen (secondary N) is 1. The van der Waals surface area contributed by atoms with Gasteiger partial charge in [0.2, 0.25) is 0 Å². The van der Waals surface area contributed by atoms with Crippen LogP contribution in [0.3, 0.4) is 0 Å². The molecular formula is C8H9Cl2NO. The molecule has 0 aliphatic heterocycles. The summed E-state index contributed by atoms with van der Waals surface area (Å²) in [6.45, 7) is 0.595. The Bertz CT molecular complexity index is 265. The van der Waals surface area contributed by atoms with Gasteiger partial charge in [-0.15, -0.1) is 0 Å². The fourth-order valence-corrected chi connectivity index (χ4v) is 1.54. The third-order valence-corrected chi connectivity index (χ3v) is 2.15. The largest absolute Gasteiger partial charge is 0.508 e. The molecule has 0 fully saturated rings. The molecule has 66 valence electrons. The number of hydrogen-bond donors (Lipinski definition) is 2. The summed E-state index contributed by atoms with van der Waals surface area (Å²) in [5, 5.41) is 13.0. The van der Waals surface area contributed by atoms with E-state index in [4.69, 9.17) is 28.3 Å².